The fourth-order valence-corrected chi connectivity index (χ4v) is 2.13. The summed E-state index contributed by atoms with van der Waals surface area (Å²) >= 11 is 0. The SMILES string of the molecule is BCc1cc(CN(CCOC)C(=O)OC(C)(C)C)cc(OC)c1. The van der Waals surface area contributed by atoms with Crippen LogP contribution in [0.1, 0.15) is 31.9 Å². The fraction of sp³-hybridized carbons (Fsp3) is 0.588. The first-order chi connectivity index (χ1) is 10.8. The summed E-state index contributed by atoms with van der Waals surface area (Å²) in [4.78, 5) is 14.1. The largest absolute Gasteiger partial charge is 0.497 e. The third kappa shape index (κ3) is 6.95. The fourth-order valence-electron chi connectivity index (χ4n) is 2.13. The van der Waals surface area contributed by atoms with Crippen molar-refractivity contribution >= 4 is 13.9 Å². The van der Waals surface area contributed by atoms with Crippen molar-refractivity contribution in [3.63, 3.8) is 0 Å². The zero-order valence-electron chi connectivity index (χ0n) is 15.1. The Morgan fingerprint density at radius 3 is 2.35 bits per heavy atom. The van der Waals surface area contributed by atoms with E-state index < -0.39 is 5.60 Å². The van der Waals surface area contributed by atoms with E-state index in [9.17, 15) is 4.79 Å². The number of carbonyl (C=O) groups excluding carboxylic acids is 1. The second kappa shape index (κ2) is 8.82. The third-order valence-electron chi connectivity index (χ3n) is 3.26. The number of methoxy groups -OCH3 is 2. The lowest BCUT2D eigenvalue weighted by Gasteiger charge is -2.27. The van der Waals surface area contributed by atoms with Gasteiger partial charge in [0.25, 0.3) is 0 Å². The van der Waals surface area contributed by atoms with Gasteiger partial charge in [-0.3, -0.25) is 0 Å². The summed E-state index contributed by atoms with van der Waals surface area (Å²) in [5, 5.41) is 0. The van der Waals surface area contributed by atoms with Gasteiger partial charge in [0, 0.05) is 20.2 Å². The van der Waals surface area contributed by atoms with E-state index in [1.54, 1.807) is 19.1 Å². The van der Waals surface area contributed by atoms with Crippen molar-refractivity contribution < 1.29 is 19.0 Å². The molecule has 0 radical (unpaired) electrons. The molecule has 0 aromatic heterocycles. The van der Waals surface area contributed by atoms with E-state index in [-0.39, 0.29) is 6.09 Å². The molecule has 0 aliphatic carbocycles. The highest BCUT2D eigenvalue weighted by Crippen LogP contribution is 2.19. The molecule has 0 aliphatic heterocycles. The molecule has 0 N–H and O–H groups in total. The Morgan fingerprint density at radius 1 is 1.17 bits per heavy atom. The third-order valence-corrected chi connectivity index (χ3v) is 3.26. The predicted molar refractivity (Wildman–Crippen MR) is 93.8 cm³/mol. The number of amides is 1. The number of benzene rings is 1. The van der Waals surface area contributed by atoms with Gasteiger partial charge in [-0.2, -0.15) is 0 Å². The Labute approximate surface area is 140 Å². The summed E-state index contributed by atoms with van der Waals surface area (Å²) in [6, 6.07) is 6.05. The molecule has 0 unspecified atom stereocenters. The van der Waals surface area contributed by atoms with Gasteiger partial charge in [0.15, 0.2) is 0 Å². The maximum absolute atomic E-state index is 12.4. The van der Waals surface area contributed by atoms with Gasteiger partial charge in [-0.1, -0.05) is 17.9 Å². The summed E-state index contributed by atoms with van der Waals surface area (Å²) in [5.74, 6) is 0.801. The zero-order chi connectivity index (χ0) is 17.5. The van der Waals surface area contributed by atoms with E-state index in [1.165, 1.54) is 5.56 Å². The Bertz CT molecular complexity index is 492. The molecule has 5 nitrogen and oxygen atoms in total. The van der Waals surface area contributed by atoms with Crippen molar-refractivity contribution in [3.8, 4) is 5.75 Å². The molecule has 0 saturated carbocycles. The summed E-state index contributed by atoms with van der Waals surface area (Å²) < 4.78 is 15.9. The first-order valence-corrected chi connectivity index (χ1v) is 7.92. The molecule has 0 bridgehead atoms. The molecular weight excluding hydrogens is 293 g/mol. The minimum atomic E-state index is -0.522. The van der Waals surface area contributed by atoms with Gasteiger partial charge in [0.1, 0.15) is 19.2 Å². The molecule has 1 amide bonds. The highest BCUT2D eigenvalue weighted by molar-refractivity contribution is 6.08. The number of hydrogen-bond acceptors (Lipinski definition) is 4. The van der Waals surface area contributed by atoms with Crippen LogP contribution in [0.3, 0.4) is 0 Å². The van der Waals surface area contributed by atoms with E-state index >= 15 is 0 Å². The molecule has 0 aliphatic rings. The van der Waals surface area contributed by atoms with Crippen LogP contribution in [0.15, 0.2) is 18.2 Å². The van der Waals surface area contributed by atoms with Crippen molar-refractivity contribution in [2.45, 2.75) is 39.2 Å². The van der Waals surface area contributed by atoms with Crippen LogP contribution >= 0.6 is 0 Å². The lowest BCUT2D eigenvalue weighted by molar-refractivity contribution is 0.0183. The van der Waals surface area contributed by atoms with E-state index in [0.29, 0.717) is 19.7 Å². The molecule has 23 heavy (non-hydrogen) atoms. The molecular formula is C17H28BNO4. The highest BCUT2D eigenvalue weighted by atomic mass is 16.6. The second-order valence-corrected chi connectivity index (χ2v) is 6.44. The van der Waals surface area contributed by atoms with Gasteiger partial charge in [0.2, 0.25) is 0 Å². The van der Waals surface area contributed by atoms with Crippen LogP contribution in [-0.2, 0) is 22.3 Å². The predicted octanol–water partition coefficient (Wildman–Crippen LogP) is 2.21. The minimum absolute atomic E-state index is 0.338. The number of carbonyl (C=O) groups is 1. The molecule has 0 heterocycles. The first kappa shape index (κ1) is 19.4. The highest BCUT2D eigenvalue weighted by Gasteiger charge is 2.22. The van der Waals surface area contributed by atoms with E-state index in [4.69, 9.17) is 14.2 Å². The summed E-state index contributed by atoms with van der Waals surface area (Å²) in [6.45, 7) is 6.98. The smallest absolute Gasteiger partial charge is 0.410 e. The van der Waals surface area contributed by atoms with Gasteiger partial charge in [0.05, 0.1) is 13.7 Å². The Hall–Kier alpha value is -1.69. The number of nitrogens with zero attached hydrogens (tertiary/aromatic N) is 1. The van der Waals surface area contributed by atoms with Crippen LogP contribution in [0.25, 0.3) is 0 Å². The van der Waals surface area contributed by atoms with Crippen LogP contribution in [0.4, 0.5) is 4.79 Å². The lowest BCUT2D eigenvalue weighted by Crippen LogP contribution is -2.38. The number of rotatable bonds is 7. The van der Waals surface area contributed by atoms with Gasteiger partial charge in [-0.05, 0) is 38.5 Å². The van der Waals surface area contributed by atoms with Gasteiger partial charge in [-0.15, -0.1) is 0 Å². The minimum Gasteiger partial charge on any atom is -0.497 e. The van der Waals surface area contributed by atoms with Crippen LogP contribution in [0.2, 0.25) is 0 Å². The van der Waals surface area contributed by atoms with Crippen LogP contribution < -0.4 is 4.74 Å². The Kier molecular flexibility index (Phi) is 7.42. The van der Waals surface area contributed by atoms with Crippen LogP contribution in [0, 0.1) is 0 Å². The zero-order valence-corrected chi connectivity index (χ0v) is 15.1. The first-order valence-electron chi connectivity index (χ1n) is 7.92. The maximum Gasteiger partial charge on any atom is 0.410 e. The summed E-state index contributed by atoms with van der Waals surface area (Å²) in [7, 11) is 5.36. The van der Waals surface area contributed by atoms with Crippen LogP contribution in [0.5, 0.6) is 5.75 Å². The van der Waals surface area contributed by atoms with Gasteiger partial charge < -0.3 is 19.1 Å². The van der Waals surface area contributed by atoms with E-state index in [0.717, 1.165) is 17.6 Å². The Morgan fingerprint density at radius 2 is 1.83 bits per heavy atom. The average molecular weight is 321 g/mol. The summed E-state index contributed by atoms with van der Waals surface area (Å²) in [5.41, 5.74) is 1.67. The van der Waals surface area contributed by atoms with Crippen molar-refractivity contribution in [1.29, 1.82) is 0 Å². The van der Waals surface area contributed by atoms with Crippen molar-refractivity contribution in [2.75, 3.05) is 27.4 Å². The molecule has 0 spiro atoms. The maximum atomic E-state index is 12.4. The molecule has 1 aromatic carbocycles. The number of hydrogen-bond donors (Lipinski definition) is 0. The summed E-state index contributed by atoms with van der Waals surface area (Å²) in [6.07, 6.45) is 0.574. The molecule has 1 aromatic rings. The second-order valence-electron chi connectivity index (χ2n) is 6.44. The average Bonchev–Trinajstić information content (AvgIpc) is 2.49. The number of ether oxygens (including phenoxy) is 3. The lowest BCUT2D eigenvalue weighted by atomic mass is 9.95. The molecule has 128 valence electrons. The van der Waals surface area contributed by atoms with Crippen molar-refractivity contribution in [1.82, 2.24) is 4.90 Å². The monoisotopic (exact) mass is 321 g/mol. The normalized spacial score (nSPS) is 11.2. The van der Waals surface area contributed by atoms with Gasteiger partial charge in [-0.25, -0.2) is 4.79 Å². The van der Waals surface area contributed by atoms with Gasteiger partial charge >= 0.3 is 6.09 Å². The van der Waals surface area contributed by atoms with Crippen LogP contribution in [-0.4, -0.2) is 51.8 Å². The molecule has 0 saturated heterocycles. The standard InChI is InChI=1S/C17H28BNO4/c1-17(2,3)23-16(20)19(6-7-21-4)12-14-8-13(11-18)9-15(10-14)22-5/h8-10H,6-7,11-12,18H2,1-5H3. The molecule has 1 rings (SSSR count). The Balaban J connectivity index is 2.93. The van der Waals surface area contributed by atoms with Crippen molar-refractivity contribution in [2.24, 2.45) is 0 Å². The quantitative estimate of drug-likeness (QED) is 0.723. The molecule has 0 fully saturated rings. The van der Waals surface area contributed by atoms with Crippen molar-refractivity contribution in [3.05, 3.63) is 29.3 Å². The van der Waals surface area contributed by atoms with E-state index in [2.05, 4.69) is 13.9 Å². The topological polar surface area (TPSA) is 48.0 Å². The van der Waals surface area contributed by atoms with E-state index in [1.807, 2.05) is 32.9 Å². The molecule has 6 heteroatoms. The molecule has 0 atom stereocenters.